The van der Waals surface area contributed by atoms with Gasteiger partial charge >= 0.3 is 0 Å². The van der Waals surface area contributed by atoms with Crippen LogP contribution >= 0.6 is 22.9 Å². The fraction of sp³-hybridized carbons (Fsp3) is 0.333. The summed E-state index contributed by atoms with van der Waals surface area (Å²) in [6.07, 6.45) is 1.69. The first-order chi connectivity index (χ1) is 11.2. The van der Waals surface area contributed by atoms with Crippen LogP contribution in [0.15, 0.2) is 28.1 Å². The van der Waals surface area contributed by atoms with Crippen LogP contribution in [0.1, 0.15) is 6.92 Å². The van der Waals surface area contributed by atoms with Crippen molar-refractivity contribution in [1.82, 2.24) is 15.3 Å². The number of anilines is 1. The predicted molar refractivity (Wildman–Crippen MR) is 90.9 cm³/mol. The zero-order chi connectivity index (χ0) is 15.8. The number of fused-ring (bicyclic) bond motifs is 1. The SMILES string of the molecule is C[C@H]1CNCCN1c1nc2cc(Cl)cc(Oc3nccs3)c2o1. The van der Waals surface area contributed by atoms with E-state index in [1.54, 1.807) is 18.3 Å². The number of halogens is 1. The highest BCUT2D eigenvalue weighted by molar-refractivity contribution is 7.11. The molecular formula is C15H15ClN4O2S. The third-order valence-corrected chi connectivity index (χ3v) is 4.63. The number of benzene rings is 1. The molecule has 1 aliphatic rings. The second kappa shape index (κ2) is 5.99. The van der Waals surface area contributed by atoms with Crippen molar-refractivity contribution in [3.05, 3.63) is 28.7 Å². The molecule has 1 aromatic carbocycles. The van der Waals surface area contributed by atoms with Crippen LogP contribution in [0.3, 0.4) is 0 Å². The van der Waals surface area contributed by atoms with E-state index >= 15 is 0 Å². The summed E-state index contributed by atoms with van der Waals surface area (Å²) in [7, 11) is 0. The Balaban J connectivity index is 1.75. The third-order valence-electron chi connectivity index (χ3n) is 3.76. The molecule has 1 saturated heterocycles. The first-order valence-corrected chi connectivity index (χ1v) is 8.61. The number of nitrogens with one attached hydrogen (secondary N) is 1. The van der Waals surface area contributed by atoms with Gasteiger partial charge in [-0.15, -0.1) is 0 Å². The van der Waals surface area contributed by atoms with Gasteiger partial charge in [0, 0.05) is 48.3 Å². The highest BCUT2D eigenvalue weighted by atomic mass is 35.5. The first kappa shape index (κ1) is 14.7. The quantitative estimate of drug-likeness (QED) is 0.779. The highest BCUT2D eigenvalue weighted by Gasteiger charge is 2.24. The molecule has 1 aliphatic heterocycles. The van der Waals surface area contributed by atoms with Crippen molar-refractivity contribution in [2.75, 3.05) is 24.5 Å². The fourth-order valence-corrected chi connectivity index (χ4v) is 3.34. The number of oxazole rings is 1. The molecule has 120 valence electrons. The number of thiazole rings is 1. The molecule has 1 N–H and O–H groups in total. The topological polar surface area (TPSA) is 63.4 Å². The predicted octanol–water partition coefficient (Wildman–Crippen LogP) is 3.53. The Labute approximate surface area is 142 Å². The molecule has 4 rings (SSSR count). The molecule has 2 aromatic heterocycles. The standard InChI is InChI=1S/C15H15ClN4O2S/c1-9-8-17-2-4-20(9)14-19-11-6-10(16)7-12(13(11)22-14)21-15-18-3-5-23-15/h3,5-7,9,17H,2,4,8H2,1H3/t9-/m0/s1. The van der Waals surface area contributed by atoms with Gasteiger partial charge in [0.15, 0.2) is 11.3 Å². The molecule has 0 radical (unpaired) electrons. The molecule has 3 aromatic rings. The first-order valence-electron chi connectivity index (χ1n) is 7.35. The van der Waals surface area contributed by atoms with Crippen molar-refractivity contribution in [3.63, 3.8) is 0 Å². The molecule has 0 aliphatic carbocycles. The maximum atomic E-state index is 6.19. The summed E-state index contributed by atoms with van der Waals surface area (Å²) in [4.78, 5) is 10.9. The van der Waals surface area contributed by atoms with E-state index < -0.39 is 0 Å². The number of piperazine rings is 1. The van der Waals surface area contributed by atoms with Crippen LogP contribution < -0.4 is 15.0 Å². The van der Waals surface area contributed by atoms with Gasteiger partial charge in [0.25, 0.3) is 11.2 Å². The molecule has 0 bridgehead atoms. The van der Waals surface area contributed by atoms with Crippen molar-refractivity contribution in [2.45, 2.75) is 13.0 Å². The summed E-state index contributed by atoms with van der Waals surface area (Å²) >= 11 is 7.60. The van der Waals surface area contributed by atoms with E-state index in [9.17, 15) is 0 Å². The lowest BCUT2D eigenvalue weighted by atomic mass is 10.2. The van der Waals surface area contributed by atoms with Crippen LogP contribution in [0.5, 0.6) is 10.9 Å². The van der Waals surface area contributed by atoms with E-state index in [1.165, 1.54) is 11.3 Å². The van der Waals surface area contributed by atoms with Gasteiger partial charge in [-0.3, -0.25) is 0 Å². The van der Waals surface area contributed by atoms with Crippen LogP contribution in [-0.2, 0) is 0 Å². The summed E-state index contributed by atoms with van der Waals surface area (Å²) in [6.45, 7) is 4.81. The van der Waals surface area contributed by atoms with E-state index in [0.29, 0.717) is 39.1 Å². The Hall–Kier alpha value is -1.83. The largest absolute Gasteiger partial charge is 0.427 e. The Morgan fingerprint density at radius 1 is 1.48 bits per heavy atom. The normalized spacial score (nSPS) is 18.5. The van der Waals surface area contributed by atoms with Gasteiger partial charge in [-0.1, -0.05) is 22.9 Å². The van der Waals surface area contributed by atoms with Crippen LogP contribution in [0.2, 0.25) is 5.02 Å². The van der Waals surface area contributed by atoms with Gasteiger partial charge in [0.05, 0.1) is 0 Å². The molecule has 1 atom stereocenters. The van der Waals surface area contributed by atoms with Crippen molar-refractivity contribution in [1.29, 1.82) is 0 Å². The lowest BCUT2D eigenvalue weighted by Gasteiger charge is -2.32. The van der Waals surface area contributed by atoms with Gasteiger partial charge in [0.2, 0.25) is 0 Å². The molecule has 0 amide bonds. The maximum Gasteiger partial charge on any atom is 0.298 e. The maximum absolute atomic E-state index is 6.19. The van der Waals surface area contributed by atoms with E-state index in [1.807, 2.05) is 5.38 Å². The minimum absolute atomic E-state index is 0.315. The van der Waals surface area contributed by atoms with E-state index in [4.69, 9.17) is 20.8 Å². The number of hydrogen-bond acceptors (Lipinski definition) is 7. The van der Waals surface area contributed by atoms with E-state index in [2.05, 4.69) is 27.1 Å². The summed E-state index contributed by atoms with van der Waals surface area (Å²) in [6, 6.07) is 4.42. The van der Waals surface area contributed by atoms with Crippen molar-refractivity contribution in [2.24, 2.45) is 0 Å². The molecule has 23 heavy (non-hydrogen) atoms. The lowest BCUT2D eigenvalue weighted by Crippen LogP contribution is -2.50. The zero-order valence-electron chi connectivity index (χ0n) is 12.5. The summed E-state index contributed by atoms with van der Waals surface area (Å²) in [5, 5.41) is 6.30. The third kappa shape index (κ3) is 2.87. The van der Waals surface area contributed by atoms with E-state index in [0.717, 1.165) is 19.6 Å². The summed E-state index contributed by atoms with van der Waals surface area (Å²) in [5.41, 5.74) is 1.27. The summed E-state index contributed by atoms with van der Waals surface area (Å²) < 4.78 is 11.8. The minimum Gasteiger partial charge on any atom is -0.427 e. The van der Waals surface area contributed by atoms with Crippen LogP contribution in [0, 0.1) is 0 Å². The van der Waals surface area contributed by atoms with Gasteiger partial charge in [-0.25, -0.2) is 4.98 Å². The molecule has 8 heteroatoms. The monoisotopic (exact) mass is 350 g/mol. The van der Waals surface area contributed by atoms with Gasteiger partial charge in [-0.05, 0) is 13.0 Å². The number of nitrogens with zero attached hydrogens (tertiary/aromatic N) is 3. The number of hydrogen-bond donors (Lipinski definition) is 1. The second-order valence-corrected chi connectivity index (χ2v) is 6.69. The highest BCUT2D eigenvalue weighted by Crippen LogP contribution is 2.36. The smallest absolute Gasteiger partial charge is 0.298 e. The Morgan fingerprint density at radius 3 is 3.17 bits per heavy atom. The van der Waals surface area contributed by atoms with E-state index in [-0.39, 0.29) is 0 Å². The molecule has 3 heterocycles. The van der Waals surface area contributed by atoms with Crippen LogP contribution in [0.25, 0.3) is 11.1 Å². The molecule has 0 spiro atoms. The minimum atomic E-state index is 0.315. The Kier molecular flexibility index (Phi) is 3.84. The van der Waals surface area contributed by atoms with Crippen LogP contribution in [-0.4, -0.2) is 35.6 Å². The van der Waals surface area contributed by atoms with Crippen molar-refractivity contribution < 1.29 is 9.15 Å². The number of ether oxygens (including phenoxy) is 1. The summed E-state index contributed by atoms with van der Waals surface area (Å²) in [5.74, 6) is 0.531. The van der Waals surface area contributed by atoms with Crippen molar-refractivity contribution in [3.8, 4) is 10.9 Å². The van der Waals surface area contributed by atoms with Gasteiger partial charge in [-0.2, -0.15) is 4.98 Å². The number of rotatable bonds is 3. The Morgan fingerprint density at radius 2 is 2.39 bits per heavy atom. The average molecular weight is 351 g/mol. The van der Waals surface area contributed by atoms with Gasteiger partial charge in [0.1, 0.15) is 5.52 Å². The molecule has 0 unspecified atom stereocenters. The van der Waals surface area contributed by atoms with Crippen molar-refractivity contribution >= 4 is 40.1 Å². The second-order valence-electron chi connectivity index (χ2n) is 5.40. The van der Waals surface area contributed by atoms with Crippen LogP contribution in [0.4, 0.5) is 6.01 Å². The number of aromatic nitrogens is 2. The molecular weight excluding hydrogens is 336 g/mol. The fourth-order valence-electron chi connectivity index (χ4n) is 2.64. The molecule has 6 nitrogen and oxygen atoms in total. The lowest BCUT2D eigenvalue weighted by molar-refractivity contribution is 0.444. The van der Waals surface area contributed by atoms with Gasteiger partial charge < -0.3 is 19.4 Å². The molecule has 0 saturated carbocycles. The Bertz CT molecular complexity index is 820. The average Bonchev–Trinajstić information content (AvgIpc) is 3.17. The molecule has 1 fully saturated rings. The zero-order valence-corrected chi connectivity index (χ0v) is 14.0.